The zero-order valence-corrected chi connectivity index (χ0v) is 16.2. The van der Waals surface area contributed by atoms with Gasteiger partial charge in [-0.15, -0.1) is 0 Å². The van der Waals surface area contributed by atoms with Crippen molar-refractivity contribution in [3.8, 4) is 0 Å². The Morgan fingerprint density at radius 3 is 2.13 bits per heavy atom. The number of ether oxygens (including phenoxy) is 1. The van der Waals surface area contributed by atoms with Crippen LogP contribution in [0.1, 0.15) is 67.7 Å². The fourth-order valence-corrected chi connectivity index (χ4v) is 3.50. The van der Waals surface area contributed by atoms with Gasteiger partial charge in [0.25, 0.3) is 0 Å². The Labute approximate surface area is 143 Å². The van der Waals surface area contributed by atoms with Crippen molar-refractivity contribution in [1.82, 2.24) is 10.6 Å². The van der Waals surface area contributed by atoms with Crippen LogP contribution in [0, 0.1) is 23.7 Å². The van der Waals surface area contributed by atoms with E-state index in [2.05, 4.69) is 38.3 Å². The van der Waals surface area contributed by atoms with Gasteiger partial charge >= 0.3 is 6.09 Å². The standard InChI is InChI=1S/C19H38N2O2/c1-13(2)16(12-21-18(22)23-19(5,6)7)11-20-17-9-14(3)8-15(4)10-17/h13-17,20H,8-12H2,1-7H3,(H,21,22). The molecule has 0 heterocycles. The van der Waals surface area contributed by atoms with Crippen LogP contribution in [0.4, 0.5) is 4.79 Å². The zero-order valence-electron chi connectivity index (χ0n) is 16.2. The van der Waals surface area contributed by atoms with E-state index in [9.17, 15) is 4.79 Å². The first kappa shape index (κ1) is 20.3. The third-order valence-corrected chi connectivity index (χ3v) is 4.70. The summed E-state index contributed by atoms with van der Waals surface area (Å²) in [6.07, 6.45) is 3.58. The van der Waals surface area contributed by atoms with Gasteiger partial charge in [-0.2, -0.15) is 0 Å². The van der Waals surface area contributed by atoms with E-state index in [-0.39, 0.29) is 6.09 Å². The van der Waals surface area contributed by atoms with Crippen molar-refractivity contribution in [2.45, 2.75) is 79.4 Å². The molecule has 2 N–H and O–H groups in total. The van der Waals surface area contributed by atoms with E-state index in [1.165, 1.54) is 19.3 Å². The summed E-state index contributed by atoms with van der Waals surface area (Å²) >= 11 is 0. The molecule has 1 aliphatic carbocycles. The Balaban J connectivity index is 2.39. The first-order valence-electron chi connectivity index (χ1n) is 9.27. The number of alkyl carbamates (subject to hydrolysis) is 1. The fourth-order valence-electron chi connectivity index (χ4n) is 3.50. The minimum atomic E-state index is -0.440. The number of amides is 1. The molecule has 0 aromatic rings. The van der Waals surface area contributed by atoms with Crippen molar-refractivity contribution < 1.29 is 9.53 Å². The molecule has 1 fully saturated rings. The molecular weight excluding hydrogens is 288 g/mol. The van der Waals surface area contributed by atoms with E-state index in [4.69, 9.17) is 4.74 Å². The van der Waals surface area contributed by atoms with Crippen LogP contribution in [0.25, 0.3) is 0 Å². The maximum Gasteiger partial charge on any atom is 0.407 e. The van der Waals surface area contributed by atoms with Crippen molar-refractivity contribution in [2.24, 2.45) is 23.7 Å². The summed E-state index contributed by atoms with van der Waals surface area (Å²) in [5, 5.41) is 6.67. The van der Waals surface area contributed by atoms with E-state index in [1.807, 2.05) is 20.8 Å². The molecule has 1 aliphatic rings. The summed E-state index contributed by atoms with van der Waals surface area (Å²) < 4.78 is 5.32. The van der Waals surface area contributed by atoms with Gasteiger partial charge < -0.3 is 15.4 Å². The quantitative estimate of drug-likeness (QED) is 0.769. The summed E-state index contributed by atoms with van der Waals surface area (Å²) in [4.78, 5) is 11.8. The van der Waals surface area contributed by atoms with Crippen LogP contribution in [0.3, 0.4) is 0 Å². The highest BCUT2D eigenvalue weighted by Gasteiger charge is 2.25. The molecule has 1 amide bonds. The molecule has 3 unspecified atom stereocenters. The van der Waals surface area contributed by atoms with Gasteiger partial charge in [-0.25, -0.2) is 4.79 Å². The third-order valence-electron chi connectivity index (χ3n) is 4.70. The average molecular weight is 327 g/mol. The second-order valence-electron chi connectivity index (χ2n) is 8.91. The van der Waals surface area contributed by atoms with Gasteiger partial charge in [0, 0.05) is 19.1 Å². The summed E-state index contributed by atoms with van der Waals surface area (Å²) in [6, 6.07) is 0.622. The highest BCUT2D eigenvalue weighted by molar-refractivity contribution is 5.67. The molecule has 0 saturated heterocycles. The third kappa shape index (κ3) is 8.59. The Morgan fingerprint density at radius 2 is 1.65 bits per heavy atom. The van der Waals surface area contributed by atoms with Gasteiger partial charge in [-0.3, -0.25) is 0 Å². The van der Waals surface area contributed by atoms with Gasteiger partial charge in [0.2, 0.25) is 0 Å². The molecule has 0 aromatic carbocycles. The molecule has 136 valence electrons. The molecule has 0 aliphatic heterocycles. The van der Waals surface area contributed by atoms with Crippen LogP contribution in [-0.2, 0) is 4.74 Å². The maximum atomic E-state index is 11.8. The summed E-state index contributed by atoms with van der Waals surface area (Å²) in [7, 11) is 0. The van der Waals surface area contributed by atoms with Crippen LogP contribution in [0.5, 0.6) is 0 Å². The van der Waals surface area contributed by atoms with E-state index < -0.39 is 5.60 Å². The highest BCUT2D eigenvalue weighted by atomic mass is 16.6. The van der Waals surface area contributed by atoms with Crippen molar-refractivity contribution in [1.29, 1.82) is 0 Å². The first-order valence-corrected chi connectivity index (χ1v) is 9.27. The number of nitrogens with one attached hydrogen (secondary N) is 2. The van der Waals surface area contributed by atoms with E-state index >= 15 is 0 Å². The second kappa shape index (κ2) is 8.91. The van der Waals surface area contributed by atoms with Gasteiger partial charge in [0.1, 0.15) is 5.60 Å². The van der Waals surface area contributed by atoms with Crippen LogP contribution in [0.2, 0.25) is 0 Å². The molecule has 1 rings (SSSR count). The van der Waals surface area contributed by atoms with E-state index in [0.29, 0.717) is 24.4 Å². The molecule has 23 heavy (non-hydrogen) atoms. The van der Waals surface area contributed by atoms with Crippen LogP contribution < -0.4 is 10.6 Å². The predicted octanol–water partition coefficient (Wildman–Crippen LogP) is 4.20. The van der Waals surface area contributed by atoms with Crippen LogP contribution in [0.15, 0.2) is 0 Å². The molecule has 0 spiro atoms. The smallest absolute Gasteiger partial charge is 0.407 e. The topological polar surface area (TPSA) is 50.4 Å². The predicted molar refractivity (Wildman–Crippen MR) is 96.5 cm³/mol. The normalized spacial score (nSPS) is 26.9. The zero-order chi connectivity index (χ0) is 17.6. The summed E-state index contributed by atoms with van der Waals surface area (Å²) in [6.45, 7) is 16.4. The van der Waals surface area contributed by atoms with E-state index in [1.54, 1.807) is 0 Å². The molecule has 0 aromatic heterocycles. The molecule has 3 atom stereocenters. The van der Waals surface area contributed by atoms with Crippen LogP contribution >= 0.6 is 0 Å². The molecule has 4 nitrogen and oxygen atoms in total. The molecule has 0 radical (unpaired) electrons. The largest absolute Gasteiger partial charge is 0.444 e. The van der Waals surface area contributed by atoms with Gasteiger partial charge in [0.15, 0.2) is 0 Å². The molecule has 1 saturated carbocycles. The van der Waals surface area contributed by atoms with Gasteiger partial charge in [0.05, 0.1) is 0 Å². The Hall–Kier alpha value is -0.770. The van der Waals surface area contributed by atoms with Crippen molar-refractivity contribution in [2.75, 3.05) is 13.1 Å². The van der Waals surface area contributed by atoms with Crippen molar-refractivity contribution in [3.63, 3.8) is 0 Å². The SMILES string of the molecule is CC1CC(C)CC(NCC(CNC(=O)OC(C)(C)C)C(C)C)C1. The Morgan fingerprint density at radius 1 is 1.09 bits per heavy atom. The number of carbonyl (C=O) groups is 1. The van der Waals surface area contributed by atoms with Gasteiger partial charge in [-0.1, -0.05) is 27.7 Å². The number of hydrogen-bond acceptors (Lipinski definition) is 3. The first-order chi connectivity index (χ1) is 10.6. The Kier molecular flexibility index (Phi) is 7.85. The minimum absolute atomic E-state index is 0.317. The second-order valence-corrected chi connectivity index (χ2v) is 8.91. The monoisotopic (exact) mass is 326 g/mol. The lowest BCUT2D eigenvalue weighted by Crippen LogP contribution is -2.43. The van der Waals surface area contributed by atoms with E-state index in [0.717, 1.165) is 18.4 Å². The van der Waals surface area contributed by atoms with Crippen LogP contribution in [-0.4, -0.2) is 30.8 Å². The van der Waals surface area contributed by atoms with Crippen molar-refractivity contribution in [3.05, 3.63) is 0 Å². The molecule has 4 heteroatoms. The number of rotatable bonds is 6. The highest BCUT2D eigenvalue weighted by Crippen LogP contribution is 2.28. The van der Waals surface area contributed by atoms with Gasteiger partial charge in [-0.05, 0) is 63.7 Å². The maximum absolute atomic E-state index is 11.8. The Bertz CT molecular complexity index is 353. The lowest BCUT2D eigenvalue weighted by molar-refractivity contribution is 0.0514. The lowest BCUT2D eigenvalue weighted by atomic mass is 9.80. The minimum Gasteiger partial charge on any atom is -0.444 e. The lowest BCUT2D eigenvalue weighted by Gasteiger charge is -2.33. The molecular formula is C19H38N2O2. The number of hydrogen-bond donors (Lipinski definition) is 2. The number of carbonyl (C=O) groups excluding carboxylic acids is 1. The van der Waals surface area contributed by atoms with Crippen molar-refractivity contribution >= 4 is 6.09 Å². The average Bonchev–Trinajstić information content (AvgIpc) is 2.34. The summed E-state index contributed by atoms with van der Waals surface area (Å²) in [5.74, 6) is 2.58. The molecule has 0 bridgehead atoms. The summed E-state index contributed by atoms with van der Waals surface area (Å²) in [5.41, 5.74) is -0.440. The fraction of sp³-hybridized carbons (Fsp3) is 0.947.